The Morgan fingerprint density at radius 2 is 2.10 bits per heavy atom. The number of carbonyl (C=O) groups excluding carboxylic acids is 1. The number of amides is 1. The fourth-order valence-corrected chi connectivity index (χ4v) is 3.46. The molecule has 4 nitrogen and oxygen atoms in total. The highest BCUT2D eigenvalue weighted by Gasteiger charge is 2.25. The van der Waals surface area contributed by atoms with E-state index in [1.54, 1.807) is 43.8 Å². The molecule has 0 saturated heterocycles. The van der Waals surface area contributed by atoms with E-state index in [0.29, 0.717) is 23.6 Å². The van der Waals surface area contributed by atoms with E-state index in [2.05, 4.69) is 11.4 Å². The van der Waals surface area contributed by atoms with Crippen LogP contribution in [0, 0.1) is 0 Å². The molecular weight excluding hydrogens is 286 g/mol. The summed E-state index contributed by atoms with van der Waals surface area (Å²) < 4.78 is 10.5. The van der Waals surface area contributed by atoms with Gasteiger partial charge in [0.15, 0.2) is 0 Å². The lowest BCUT2D eigenvalue weighted by Crippen LogP contribution is -2.35. The van der Waals surface area contributed by atoms with Crippen molar-refractivity contribution in [3.63, 3.8) is 0 Å². The van der Waals surface area contributed by atoms with Gasteiger partial charge < -0.3 is 14.4 Å². The van der Waals surface area contributed by atoms with E-state index < -0.39 is 0 Å². The lowest BCUT2D eigenvalue weighted by molar-refractivity contribution is 0.0732. The number of fused-ring (bicyclic) bond motifs is 1. The molecule has 0 radical (unpaired) electrons. The quantitative estimate of drug-likeness (QED) is 0.875. The summed E-state index contributed by atoms with van der Waals surface area (Å²) in [6.45, 7) is 1.41. The third kappa shape index (κ3) is 2.61. The molecule has 0 atom stereocenters. The average molecular weight is 303 g/mol. The van der Waals surface area contributed by atoms with Crippen molar-refractivity contribution in [2.75, 3.05) is 20.8 Å². The van der Waals surface area contributed by atoms with Crippen molar-refractivity contribution in [1.82, 2.24) is 4.90 Å². The predicted octanol–water partition coefficient (Wildman–Crippen LogP) is 2.96. The second-order valence-electron chi connectivity index (χ2n) is 4.91. The van der Waals surface area contributed by atoms with Crippen molar-refractivity contribution < 1.29 is 14.3 Å². The molecule has 21 heavy (non-hydrogen) atoms. The lowest BCUT2D eigenvalue weighted by atomic mass is 10.1. The van der Waals surface area contributed by atoms with Gasteiger partial charge in [-0.1, -0.05) is 0 Å². The molecule has 0 aliphatic carbocycles. The number of benzene rings is 1. The summed E-state index contributed by atoms with van der Waals surface area (Å²) in [6.07, 6.45) is 0.922. The van der Waals surface area contributed by atoms with Crippen molar-refractivity contribution in [2.45, 2.75) is 13.0 Å². The number of methoxy groups -OCH3 is 2. The third-order valence-corrected chi connectivity index (χ3v) is 4.75. The smallest absolute Gasteiger partial charge is 0.258 e. The highest BCUT2D eigenvalue weighted by Crippen LogP contribution is 2.29. The van der Waals surface area contributed by atoms with Crippen LogP contribution in [0.3, 0.4) is 0 Å². The van der Waals surface area contributed by atoms with Crippen LogP contribution in [0.4, 0.5) is 0 Å². The summed E-state index contributed by atoms with van der Waals surface area (Å²) in [5.74, 6) is 1.23. The minimum Gasteiger partial charge on any atom is -0.497 e. The Bertz CT molecular complexity index is 665. The molecule has 2 heterocycles. The normalized spacial score (nSPS) is 13.7. The molecule has 5 heteroatoms. The van der Waals surface area contributed by atoms with E-state index in [1.165, 1.54) is 10.4 Å². The van der Waals surface area contributed by atoms with Crippen LogP contribution >= 0.6 is 11.3 Å². The number of nitrogens with zero attached hydrogens (tertiary/aromatic N) is 1. The highest BCUT2D eigenvalue weighted by molar-refractivity contribution is 7.10. The van der Waals surface area contributed by atoms with Gasteiger partial charge in [-0.05, 0) is 41.6 Å². The molecule has 110 valence electrons. The minimum atomic E-state index is -0.0115. The SMILES string of the molecule is COc1ccc(OC)c(C(=O)N2CCc3sccc3C2)c1. The summed E-state index contributed by atoms with van der Waals surface area (Å²) in [6, 6.07) is 7.40. The fourth-order valence-electron chi connectivity index (χ4n) is 2.57. The summed E-state index contributed by atoms with van der Waals surface area (Å²) >= 11 is 1.77. The summed E-state index contributed by atoms with van der Waals surface area (Å²) in [4.78, 5) is 16.0. The van der Waals surface area contributed by atoms with Crippen LogP contribution in [-0.2, 0) is 13.0 Å². The molecule has 0 bridgehead atoms. The molecule has 0 fully saturated rings. The van der Waals surface area contributed by atoms with Crippen LogP contribution in [-0.4, -0.2) is 31.6 Å². The van der Waals surface area contributed by atoms with Crippen LogP contribution in [0.5, 0.6) is 11.5 Å². The van der Waals surface area contributed by atoms with Gasteiger partial charge in [-0.3, -0.25) is 4.79 Å². The molecule has 2 aromatic rings. The van der Waals surface area contributed by atoms with Crippen molar-refractivity contribution in [1.29, 1.82) is 0 Å². The van der Waals surface area contributed by atoms with E-state index in [9.17, 15) is 4.79 Å². The first kappa shape index (κ1) is 13.9. The van der Waals surface area contributed by atoms with Crippen molar-refractivity contribution in [3.8, 4) is 11.5 Å². The molecule has 1 aliphatic heterocycles. The monoisotopic (exact) mass is 303 g/mol. The van der Waals surface area contributed by atoms with Gasteiger partial charge in [-0.25, -0.2) is 0 Å². The Hall–Kier alpha value is -2.01. The van der Waals surface area contributed by atoms with E-state index in [4.69, 9.17) is 9.47 Å². The Balaban J connectivity index is 1.89. The molecule has 0 N–H and O–H groups in total. The molecule has 1 aromatic heterocycles. The third-order valence-electron chi connectivity index (χ3n) is 3.73. The number of thiophene rings is 1. The molecule has 1 amide bonds. The van der Waals surface area contributed by atoms with Crippen LogP contribution in [0.25, 0.3) is 0 Å². The van der Waals surface area contributed by atoms with E-state index >= 15 is 0 Å². The fraction of sp³-hybridized carbons (Fsp3) is 0.312. The zero-order valence-electron chi connectivity index (χ0n) is 12.1. The highest BCUT2D eigenvalue weighted by atomic mass is 32.1. The number of carbonyl (C=O) groups is 1. The Labute approximate surface area is 127 Å². The second kappa shape index (κ2) is 5.77. The Kier molecular flexibility index (Phi) is 3.84. The molecular formula is C16H17NO3S. The van der Waals surface area contributed by atoms with Gasteiger partial charge in [0.1, 0.15) is 11.5 Å². The van der Waals surface area contributed by atoms with Gasteiger partial charge in [0, 0.05) is 18.0 Å². The summed E-state index contributed by atoms with van der Waals surface area (Å²) in [5, 5.41) is 2.09. The van der Waals surface area contributed by atoms with E-state index in [0.717, 1.165) is 13.0 Å². The predicted molar refractivity (Wildman–Crippen MR) is 82.3 cm³/mol. The zero-order valence-corrected chi connectivity index (χ0v) is 12.9. The first-order valence-electron chi connectivity index (χ1n) is 6.79. The average Bonchev–Trinajstić information content (AvgIpc) is 3.01. The number of hydrogen-bond acceptors (Lipinski definition) is 4. The first-order valence-corrected chi connectivity index (χ1v) is 7.67. The van der Waals surface area contributed by atoms with Gasteiger partial charge in [-0.15, -0.1) is 11.3 Å². The van der Waals surface area contributed by atoms with Crippen molar-refractivity contribution >= 4 is 17.2 Å². The van der Waals surface area contributed by atoms with Gasteiger partial charge in [-0.2, -0.15) is 0 Å². The minimum absolute atomic E-state index is 0.0115. The summed E-state index contributed by atoms with van der Waals surface area (Å²) in [7, 11) is 3.17. The topological polar surface area (TPSA) is 38.8 Å². The molecule has 0 spiro atoms. The van der Waals surface area contributed by atoms with Crippen LogP contribution in [0.15, 0.2) is 29.6 Å². The molecule has 3 rings (SSSR count). The summed E-state index contributed by atoms with van der Waals surface area (Å²) in [5.41, 5.74) is 1.80. The molecule has 1 aromatic carbocycles. The van der Waals surface area contributed by atoms with Crippen molar-refractivity contribution in [3.05, 3.63) is 45.6 Å². The van der Waals surface area contributed by atoms with Crippen LogP contribution < -0.4 is 9.47 Å². The van der Waals surface area contributed by atoms with Gasteiger partial charge in [0.2, 0.25) is 0 Å². The maximum absolute atomic E-state index is 12.8. The maximum Gasteiger partial charge on any atom is 0.258 e. The number of ether oxygens (including phenoxy) is 2. The number of hydrogen-bond donors (Lipinski definition) is 0. The molecule has 0 unspecified atom stereocenters. The second-order valence-corrected chi connectivity index (χ2v) is 5.91. The van der Waals surface area contributed by atoms with E-state index in [-0.39, 0.29) is 5.91 Å². The van der Waals surface area contributed by atoms with Gasteiger partial charge in [0.05, 0.1) is 19.8 Å². The largest absolute Gasteiger partial charge is 0.497 e. The molecule has 1 aliphatic rings. The van der Waals surface area contributed by atoms with Gasteiger partial charge in [0.25, 0.3) is 5.91 Å². The van der Waals surface area contributed by atoms with Gasteiger partial charge >= 0.3 is 0 Å². The van der Waals surface area contributed by atoms with Crippen LogP contribution in [0.2, 0.25) is 0 Å². The maximum atomic E-state index is 12.8. The Morgan fingerprint density at radius 1 is 1.24 bits per heavy atom. The lowest BCUT2D eigenvalue weighted by Gasteiger charge is -2.27. The first-order chi connectivity index (χ1) is 10.2. The standard InChI is InChI=1S/C16H17NO3S/c1-19-12-3-4-14(20-2)13(9-12)16(18)17-7-5-15-11(10-17)6-8-21-15/h3-4,6,8-9H,5,7,10H2,1-2H3. The molecule has 0 saturated carbocycles. The Morgan fingerprint density at radius 3 is 2.86 bits per heavy atom. The van der Waals surface area contributed by atoms with Crippen molar-refractivity contribution in [2.24, 2.45) is 0 Å². The zero-order chi connectivity index (χ0) is 14.8. The number of rotatable bonds is 3. The van der Waals surface area contributed by atoms with E-state index in [1.807, 2.05) is 4.90 Å². The van der Waals surface area contributed by atoms with Crippen LogP contribution in [0.1, 0.15) is 20.8 Å².